The summed E-state index contributed by atoms with van der Waals surface area (Å²) in [4.78, 5) is 6.38. The quantitative estimate of drug-likeness (QED) is 0.687. The van der Waals surface area contributed by atoms with Gasteiger partial charge in [0.15, 0.2) is 0 Å². The Balaban J connectivity index is 2.56. The number of likely N-dealkylation sites (N-methyl/N-ethyl adjacent to an activating group) is 1. The summed E-state index contributed by atoms with van der Waals surface area (Å²) in [5.74, 6) is 0. The van der Waals surface area contributed by atoms with Gasteiger partial charge in [-0.3, -0.25) is 9.88 Å². The number of nitrogens with zero attached hydrogens (tertiary/aromatic N) is 2. The van der Waals surface area contributed by atoms with E-state index in [0.717, 1.165) is 5.56 Å². The zero-order chi connectivity index (χ0) is 13.5. The number of methoxy groups -OCH3 is 1. The molecule has 0 fully saturated rings. The van der Waals surface area contributed by atoms with Gasteiger partial charge in [0.1, 0.15) is 4.99 Å². The largest absolute Gasteiger partial charge is 0.389 e. The number of pyridine rings is 1. The fraction of sp³-hybridized carbons (Fsp3) is 0.500. The van der Waals surface area contributed by atoms with E-state index in [1.165, 1.54) is 0 Å². The first kappa shape index (κ1) is 15.0. The predicted octanol–water partition coefficient (Wildman–Crippen LogP) is 0.155. The van der Waals surface area contributed by atoms with Gasteiger partial charge < -0.3 is 15.6 Å². The highest BCUT2D eigenvalue weighted by atomic mass is 32.1. The maximum Gasteiger partial charge on any atom is 0.122 e. The van der Waals surface area contributed by atoms with E-state index in [2.05, 4.69) is 4.98 Å². The summed E-state index contributed by atoms with van der Waals surface area (Å²) < 4.78 is 4.88. The summed E-state index contributed by atoms with van der Waals surface area (Å²) >= 11 is 4.88. The van der Waals surface area contributed by atoms with E-state index in [0.29, 0.717) is 30.4 Å². The average Bonchev–Trinajstić information content (AvgIpc) is 2.29. The van der Waals surface area contributed by atoms with Gasteiger partial charge in [-0.1, -0.05) is 12.2 Å². The number of nitrogens with two attached hydrogens (primary N) is 1. The van der Waals surface area contributed by atoms with E-state index in [-0.39, 0.29) is 0 Å². The number of thiocarbonyl (C=S) groups is 1. The Bertz CT molecular complexity index is 401. The van der Waals surface area contributed by atoms with Crippen LogP contribution in [0.1, 0.15) is 11.3 Å². The Morgan fingerprint density at radius 3 is 3.00 bits per heavy atom. The van der Waals surface area contributed by atoms with Gasteiger partial charge in [-0.05, 0) is 24.7 Å². The van der Waals surface area contributed by atoms with Crippen molar-refractivity contribution in [2.24, 2.45) is 5.73 Å². The van der Waals surface area contributed by atoms with Gasteiger partial charge >= 0.3 is 0 Å². The molecule has 0 aliphatic heterocycles. The van der Waals surface area contributed by atoms with Crippen LogP contribution in [0, 0.1) is 0 Å². The zero-order valence-electron chi connectivity index (χ0n) is 10.7. The molecule has 100 valence electrons. The van der Waals surface area contributed by atoms with Gasteiger partial charge in [-0.2, -0.15) is 0 Å². The molecule has 6 heteroatoms. The number of aliphatic hydroxyl groups is 1. The van der Waals surface area contributed by atoms with Crippen molar-refractivity contribution < 1.29 is 9.84 Å². The van der Waals surface area contributed by atoms with Crippen LogP contribution in [-0.2, 0) is 11.3 Å². The summed E-state index contributed by atoms with van der Waals surface area (Å²) in [6.07, 6.45) is 1.19. The molecule has 0 radical (unpaired) electrons. The normalized spacial score (nSPS) is 12.7. The lowest BCUT2D eigenvalue weighted by molar-refractivity contribution is 0.0419. The van der Waals surface area contributed by atoms with E-state index in [4.69, 9.17) is 22.7 Å². The maximum atomic E-state index is 9.62. The van der Waals surface area contributed by atoms with Gasteiger partial charge in [0.2, 0.25) is 0 Å². The van der Waals surface area contributed by atoms with E-state index < -0.39 is 6.10 Å². The van der Waals surface area contributed by atoms with Gasteiger partial charge in [-0.25, -0.2) is 0 Å². The van der Waals surface area contributed by atoms with Crippen molar-refractivity contribution in [1.29, 1.82) is 0 Å². The summed E-state index contributed by atoms with van der Waals surface area (Å²) in [7, 11) is 3.50. The van der Waals surface area contributed by atoms with E-state index in [1.54, 1.807) is 13.3 Å². The first-order valence-electron chi connectivity index (χ1n) is 5.63. The van der Waals surface area contributed by atoms with Crippen molar-refractivity contribution in [1.82, 2.24) is 9.88 Å². The third kappa shape index (κ3) is 5.05. The lowest BCUT2D eigenvalue weighted by atomic mass is 10.2. The fourth-order valence-corrected chi connectivity index (χ4v) is 1.80. The number of aliphatic hydroxyl groups excluding tert-OH is 1. The summed E-state index contributed by atoms with van der Waals surface area (Å²) in [5.41, 5.74) is 7.21. The molecule has 1 heterocycles. The van der Waals surface area contributed by atoms with E-state index in [9.17, 15) is 5.11 Å². The molecule has 0 aromatic carbocycles. The van der Waals surface area contributed by atoms with Gasteiger partial charge in [0.25, 0.3) is 0 Å². The molecule has 1 aromatic heterocycles. The highest BCUT2D eigenvalue weighted by Crippen LogP contribution is 2.05. The third-order valence-corrected chi connectivity index (χ3v) is 2.62. The molecular formula is C12H19N3O2S. The van der Waals surface area contributed by atoms with E-state index in [1.807, 2.05) is 24.1 Å². The van der Waals surface area contributed by atoms with Crippen LogP contribution in [-0.4, -0.2) is 53.4 Å². The Morgan fingerprint density at radius 1 is 1.67 bits per heavy atom. The number of hydrogen-bond acceptors (Lipinski definition) is 5. The van der Waals surface area contributed by atoms with Crippen LogP contribution < -0.4 is 5.73 Å². The summed E-state index contributed by atoms with van der Waals surface area (Å²) in [5, 5.41) is 9.62. The molecular weight excluding hydrogens is 250 g/mol. The van der Waals surface area contributed by atoms with Crippen molar-refractivity contribution in [2.45, 2.75) is 12.6 Å². The Morgan fingerprint density at radius 2 is 2.39 bits per heavy atom. The second-order valence-corrected chi connectivity index (χ2v) is 4.66. The Kier molecular flexibility index (Phi) is 6.14. The molecule has 3 N–H and O–H groups in total. The molecule has 0 aliphatic rings. The smallest absolute Gasteiger partial charge is 0.122 e. The summed E-state index contributed by atoms with van der Waals surface area (Å²) in [6, 6.07) is 3.77. The fourth-order valence-electron chi connectivity index (χ4n) is 1.69. The first-order valence-corrected chi connectivity index (χ1v) is 6.04. The van der Waals surface area contributed by atoms with Crippen molar-refractivity contribution in [3.8, 4) is 0 Å². The van der Waals surface area contributed by atoms with Gasteiger partial charge in [-0.15, -0.1) is 0 Å². The maximum absolute atomic E-state index is 9.62. The number of aromatic nitrogens is 1. The minimum Gasteiger partial charge on any atom is -0.389 e. The van der Waals surface area contributed by atoms with E-state index >= 15 is 0 Å². The van der Waals surface area contributed by atoms with Crippen molar-refractivity contribution in [2.75, 3.05) is 27.3 Å². The molecule has 0 saturated heterocycles. The second-order valence-electron chi connectivity index (χ2n) is 4.22. The average molecular weight is 269 g/mol. The minimum atomic E-state index is -0.489. The zero-order valence-corrected chi connectivity index (χ0v) is 11.5. The van der Waals surface area contributed by atoms with Crippen LogP contribution in [0.4, 0.5) is 0 Å². The topological polar surface area (TPSA) is 71.6 Å². The van der Waals surface area contributed by atoms with Crippen LogP contribution in [0.3, 0.4) is 0 Å². The number of ether oxygens (including phenoxy) is 1. The molecule has 1 unspecified atom stereocenters. The lowest BCUT2D eigenvalue weighted by Crippen LogP contribution is -2.31. The minimum absolute atomic E-state index is 0.291. The Labute approximate surface area is 113 Å². The monoisotopic (exact) mass is 269 g/mol. The number of hydrogen-bond donors (Lipinski definition) is 2. The van der Waals surface area contributed by atoms with Crippen LogP contribution in [0.2, 0.25) is 0 Å². The predicted molar refractivity (Wildman–Crippen MR) is 74.3 cm³/mol. The molecule has 1 rings (SSSR count). The van der Waals surface area contributed by atoms with Crippen molar-refractivity contribution in [3.05, 3.63) is 29.6 Å². The van der Waals surface area contributed by atoms with Crippen molar-refractivity contribution in [3.63, 3.8) is 0 Å². The highest BCUT2D eigenvalue weighted by molar-refractivity contribution is 7.80. The third-order valence-electron chi connectivity index (χ3n) is 2.41. The lowest BCUT2D eigenvalue weighted by Gasteiger charge is -2.20. The second kappa shape index (κ2) is 7.38. The molecule has 5 nitrogen and oxygen atoms in total. The molecule has 0 saturated carbocycles. The molecule has 0 amide bonds. The molecule has 0 aliphatic carbocycles. The SMILES string of the molecule is COCC(O)CN(C)Cc1ccnc(C(N)=S)c1. The van der Waals surface area contributed by atoms with Gasteiger partial charge in [0.05, 0.1) is 18.4 Å². The summed E-state index contributed by atoms with van der Waals surface area (Å²) in [6.45, 7) is 1.57. The highest BCUT2D eigenvalue weighted by Gasteiger charge is 2.09. The Hall–Kier alpha value is -1.08. The van der Waals surface area contributed by atoms with Crippen LogP contribution >= 0.6 is 12.2 Å². The van der Waals surface area contributed by atoms with Crippen LogP contribution in [0.25, 0.3) is 0 Å². The number of rotatable bonds is 7. The molecule has 1 aromatic rings. The van der Waals surface area contributed by atoms with Crippen LogP contribution in [0.5, 0.6) is 0 Å². The standard InChI is InChI=1S/C12H19N3O2S/c1-15(7-10(16)8-17-2)6-9-3-4-14-11(5-9)12(13)18/h3-5,10,16H,6-8H2,1-2H3,(H2,13,18). The molecule has 1 atom stereocenters. The van der Waals surface area contributed by atoms with Gasteiger partial charge in [0, 0.05) is 26.4 Å². The molecule has 0 bridgehead atoms. The molecule has 18 heavy (non-hydrogen) atoms. The first-order chi connectivity index (χ1) is 8.52. The molecule has 0 spiro atoms. The van der Waals surface area contributed by atoms with Crippen molar-refractivity contribution >= 4 is 17.2 Å². The van der Waals surface area contributed by atoms with Crippen LogP contribution in [0.15, 0.2) is 18.3 Å².